The molecule has 1 heterocycles. The summed E-state index contributed by atoms with van der Waals surface area (Å²) in [7, 11) is 1.65. The van der Waals surface area contributed by atoms with Crippen LogP contribution in [-0.4, -0.2) is 18.2 Å². The third kappa shape index (κ3) is 4.11. The Hall–Kier alpha value is -3.25. The van der Waals surface area contributed by atoms with Gasteiger partial charge in [0, 0.05) is 11.6 Å². The number of methoxy groups -OCH3 is 1. The molecular weight excluding hydrogens is 482 g/mol. The predicted molar refractivity (Wildman–Crippen MR) is 131 cm³/mol. The molecule has 3 aromatic rings. The van der Waals surface area contributed by atoms with Gasteiger partial charge in [0.05, 0.1) is 23.2 Å². The zero-order valence-electron chi connectivity index (χ0n) is 18.1. The molecule has 0 unspecified atom stereocenters. The van der Waals surface area contributed by atoms with E-state index in [9.17, 15) is 9.90 Å². The highest BCUT2D eigenvalue weighted by Gasteiger charge is 2.38. The van der Waals surface area contributed by atoms with E-state index in [1.807, 2.05) is 42.5 Å². The summed E-state index contributed by atoms with van der Waals surface area (Å²) in [6.45, 7) is 0.449. The van der Waals surface area contributed by atoms with Crippen LogP contribution in [0.1, 0.15) is 45.4 Å². The average molecular weight is 506 g/mol. The summed E-state index contributed by atoms with van der Waals surface area (Å²) in [5.74, 6) is 0.900. The number of carboxylic acid groups (broad SMARTS) is 1. The van der Waals surface area contributed by atoms with E-state index in [0.717, 1.165) is 33.3 Å². The molecule has 33 heavy (non-hydrogen) atoms. The van der Waals surface area contributed by atoms with Crippen molar-refractivity contribution in [3.05, 3.63) is 99.5 Å². The van der Waals surface area contributed by atoms with Gasteiger partial charge in [-0.2, -0.15) is 0 Å². The van der Waals surface area contributed by atoms with E-state index >= 15 is 0 Å². The Kier molecular flexibility index (Phi) is 5.85. The number of nitrogens with one attached hydrogen (secondary N) is 1. The monoisotopic (exact) mass is 505 g/mol. The summed E-state index contributed by atoms with van der Waals surface area (Å²) < 4.78 is 12.6. The minimum absolute atomic E-state index is 0.0570. The number of hydrogen-bond donors (Lipinski definition) is 2. The van der Waals surface area contributed by atoms with Crippen molar-refractivity contribution >= 4 is 27.6 Å². The van der Waals surface area contributed by atoms with Crippen molar-refractivity contribution in [3.63, 3.8) is 0 Å². The van der Waals surface area contributed by atoms with Crippen LogP contribution in [-0.2, 0) is 6.61 Å². The molecule has 0 aromatic heterocycles. The Morgan fingerprint density at radius 3 is 2.73 bits per heavy atom. The van der Waals surface area contributed by atoms with Crippen LogP contribution in [0.3, 0.4) is 0 Å². The first-order chi connectivity index (χ1) is 16.0. The lowest BCUT2D eigenvalue weighted by atomic mass is 9.76. The molecule has 5 rings (SSSR count). The Balaban J connectivity index is 1.46. The number of halogens is 1. The normalized spacial score (nSPS) is 20.5. The van der Waals surface area contributed by atoms with Gasteiger partial charge in [-0.3, -0.25) is 0 Å². The molecule has 2 N–H and O–H groups in total. The molecule has 0 saturated carbocycles. The quantitative estimate of drug-likeness (QED) is 0.371. The molecule has 5 nitrogen and oxygen atoms in total. The minimum Gasteiger partial charge on any atom is -0.493 e. The maximum absolute atomic E-state index is 11.5. The molecule has 1 aliphatic heterocycles. The van der Waals surface area contributed by atoms with Gasteiger partial charge in [-0.25, -0.2) is 4.79 Å². The van der Waals surface area contributed by atoms with Crippen molar-refractivity contribution in [1.82, 2.24) is 0 Å². The maximum Gasteiger partial charge on any atom is 0.335 e. The van der Waals surface area contributed by atoms with Crippen molar-refractivity contribution in [2.24, 2.45) is 5.92 Å². The summed E-state index contributed by atoms with van der Waals surface area (Å²) in [6.07, 6.45) is 5.31. The van der Waals surface area contributed by atoms with Gasteiger partial charge in [0.25, 0.3) is 0 Å². The van der Waals surface area contributed by atoms with Crippen LogP contribution in [0.15, 0.2) is 77.3 Å². The number of ether oxygens (including phenoxy) is 2. The summed E-state index contributed by atoms with van der Waals surface area (Å²) in [6, 6.07) is 19.5. The number of benzene rings is 3. The first kappa shape index (κ1) is 21.6. The van der Waals surface area contributed by atoms with E-state index in [-0.39, 0.29) is 17.9 Å². The van der Waals surface area contributed by atoms with E-state index in [0.29, 0.717) is 23.7 Å². The summed E-state index contributed by atoms with van der Waals surface area (Å²) in [5.41, 5.74) is 4.51. The molecular formula is C27H24BrNO4. The van der Waals surface area contributed by atoms with Crippen LogP contribution >= 0.6 is 15.9 Å². The summed E-state index contributed by atoms with van der Waals surface area (Å²) in [5, 5.41) is 13.1. The highest BCUT2D eigenvalue weighted by atomic mass is 79.9. The Morgan fingerprint density at radius 2 is 1.97 bits per heavy atom. The fourth-order valence-electron chi connectivity index (χ4n) is 4.85. The Morgan fingerprint density at radius 1 is 1.15 bits per heavy atom. The van der Waals surface area contributed by atoms with Crippen molar-refractivity contribution < 1.29 is 19.4 Å². The van der Waals surface area contributed by atoms with Gasteiger partial charge in [0.2, 0.25) is 0 Å². The van der Waals surface area contributed by atoms with Crippen molar-refractivity contribution in [3.8, 4) is 11.5 Å². The lowest BCUT2D eigenvalue weighted by molar-refractivity contribution is 0.0696. The van der Waals surface area contributed by atoms with Gasteiger partial charge in [0.15, 0.2) is 11.5 Å². The molecule has 168 valence electrons. The molecule has 3 aromatic carbocycles. The maximum atomic E-state index is 11.5. The van der Waals surface area contributed by atoms with E-state index in [1.165, 1.54) is 0 Å². The minimum atomic E-state index is -0.904. The second-order valence-electron chi connectivity index (χ2n) is 8.39. The number of aromatic carboxylic acids is 1. The lowest BCUT2D eigenvalue weighted by Gasteiger charge is -2.38. The van der Waals surface area contributed by atoms with Crippen LogP contribution in [0.25, 0.3) is 0 Å². The van der Waals surface area contributed by atoms with Gasteiger partial charge >= 0.3 is 5.97 Å². The highest BCUT2D eigenvalue weighted by Crippen LogP contribution is 2.51. The zero-order chi connectivity index (χ0) is 22.9. The topological polar surface area (TPSA) is 67.8 Å². The first-order valence-corrected chi connectivity index (χ1v) is 11.7. The zero-order valence-corrected chi connectivity index (χ0v) is 19.7. The summed E-state index contributed by atoms with van der Waals surface area (Å²) >= 11 is 3.70. The summed E-state index contributed by atoms with van der Waals surface area (Å²) in [4.78, 5) is 11.5. The molecule has 6 heteroatoms. The third-order valence-corrected chi connectivity index (χ3v) is 7.04. The molecule has 0 saturated heterocycles. The second-order valence-corrected chi connectivity index (χ2v) is 9.25. The molecule has 0 fully saturated rings. The Labute approximate surface area is 201 Å². The molecule has 0 radical (unpaired) electrons. The van der Waals surface area contributed by atoms with Crippen LogP contribution < -0.4 is 14.8 Å². The van der Waals surface area contributed by atoms with Crippen LogP contribution in [0, 0.1) is 5.92 Å². The second kappa shape index (κ2) is 8.94. The van der Waals surface area contributed by atoms with Crippen molar-refractivity contribution in [2.45, 2.75) is 25.0 Å². The van der Waals surface area contributed by atoms with Gasteiger partial charge in [-0.05, 0) is 75.3 Å². The fraction of sp³-hybridized carbons (Fsp3) is 0.222. The molecule has 1 aliphatic carbocycles. The third-order valence-electron chi connectivity index (χ3n) is 6.45. The van der Waals surface area contributed by atoms with Gasteiger partial charge < -0.3 is 19.9 Å². The first-order valence-electron chi connectivity index (χ1n) is 10.9. The number of hydrogen-bond acceptors (Lipinski definition) is 4. The van der Waals surface area contributed by atoms with Gasteiger partial charge in [-0.15, -0.1) is 0 Å². The molecule has 2 aliphatic rings. The van der Waals surface area contributed by atoms with Crippen molar-refractivity contribution in [2.75, 3.05) is 12.4 Å². The predicted octanol–water partition coefficient (Wildman–Crippen LogP) is 6.56. The van der Waals surface area contributed by atoms with Crippen molar-refractivity contribution in [1.29, 1.82) is 0 Å². The standard InChI is InChI=1S/C27H24BrNO4/c1-32-24-14-18(13-22(28)26(24)33-15-16-6-3-2-4-7-16)25-20-9-5-8-19(20)21-12-17(27(30)31)10-11-23(21)29-25/h2-8,10-14,19-20,25,29H,9,15H2,1H3,(H,30,31)/t19-,20+,25+/m1/s1. The SMILES string of the molecule is COc1cc([C@@H]2Nc3ccc(C(=O)O)cc3[C@@H]3C=CC[C@@H]32)cc(Br)c1OCc1ccccc1. The molecule has 3 atom stereocenters. The highest BCUT2D eigenvalue weighted by molar-refractivity contribution is 9.10. The number of carboxylic acids is 1. The van der Waals surface area contributed by atoms with E-state index in [1.54, 1.807) is 19.2 Å². The fourth-order valence-corrected chi connectivity index (χ4v) is 5.42. The van der Waals surface area contributed by atoms with E-state index in [4.69, 9.17) is 9.47 Å². The largest absolute Gasteiger partial charge is 0.493 e. The van der Waals surface area contributed by atoms with E-state index < -0.39 is 5.97 Å². The van der Waals surface area contributed by atoms with Gasteiger partial charge in [0.1, 0.15) is 6.61 Å². The van der Waals surface area contributed by atoms with Gasteiger partial charge in [-0.1, -0.05) is 42.5 Å². The number of allylic oxidation sites excluding steroid dienone is 2. The van der Waals surface area contributed by atoms with Crippen LogP contribution in [0.4, 0.5) is 5.69 Å². The lowest BCUT2D eigenvalue weighted by Crippen LogP contribution is -2.29. The number of anilines is 1. The molecule has 0 bridgehead atoms. The number of rotatable bonds is 6. The number of fused-ring (bicyclic) bond motifs is 3. The van der Waals surface area contributed by atoms with Crippen LogP contribution in [0.2, 0.25) is 0 Å². The average Bonchev–Trinajstić information content (AvgIpc) is 3.33. The molecule has 0 spiro atoms. The Bertz CT molecular complexity index is 1220. The van der Waals surface area contributed by atoms with Crippen LogP contribution in [0.5, 0.6) is 11.5 Å². The van der Waals surface area contributed by atoms with E-state index in [2.05, 4.69) is 39.5 Å². The molecule has 0 amide bonds. The smallest absolute Gasteiger partial charge is 0.335 e. The number of carbonyl (C=O) groups is 1.